The number of nitrogen functional groups attached to an aromatic ring is 2. The number of allylic oxidation sites excluding steroid dienone is 6. The summed E-state index contributed by atoms with van der Waals surface area (Å²) in [7, 11) is 0. The van der Waals surface area contributed by atoms with Gasteiger partial charge in [-0.15, -0.1) is 0 Å². The van der Waals surface area contributed by atoms with Gasteiger partial charge in [0.25, 0.3) is 0 Å². The molecule has 0 aromatic heterocycles. The second-order valence-electron chi connectivity index (χ2n) is 6.14. The molecule has 2 nitrogen and oxygen atoms in total. The van der Waals surface area contributed by atoms with Crippen LogP contribution in [0.2, 0.25) is 0 Å². The molecule has 0 saturated heterocycles. The highest BCUT2D eigenvalue weighted by molar-refractivity contribution is 5.79. The second kappa shape index (κ2) is 6.63. The molecular weight excluding hydrogens is 292 g/mol. The number of hydrogen-bond donors (Lipinski definition) is 2. The summed E-state index contributed by atoms with van der Waals surface area (Å²) in [6.07, 6.45) is 6.06. The Bertz CT molecular complexity index is 796. The van der Waals surface area contributed by atoms with Gasteiger partial charge < -0.3 is 11.5 Å². The van der Waals surface area contributed by atoms with Gasteiger partial charge in [0.05, 0.1) is 0 Å². The topological polar surface area (TPSA) is 52.0 Å². The Morgan fingerprint density at radius 1 is 0.667 bits per heavy atom. The Balaban J connectivity index is 1.97. The van der Waals surface area contributed by atoms with Gasteiger partial charge in [-0.2, -0.15) is 0 Å². The van der Waals surface area contributed by atoms with Gasteiger partial charge in [0.15, 0.2) is 0 Å². The Morgan fingerprint density at radius 3 is 1.46 bits per heavy atom. The fourth-order valence-corrected chi connectivity index (χ4v) is 2.95. The third kappa shape index (κ3) is 3.49. The first-order valence-corrected chi connectivity index (χ1v) is 8.04. The maximum atomic E-state index is 5.94. The lowest BCUT2D eigenvalue weighted by Crippen LogP contribution is -1.97. The fraction of sp³-hybridized carbons (Fsp3) is 0.0909. The van der Waals surface area contributed by atoms with Crippen LogP contribution in [0.3, 0.4) is 0 Å². The van der Waals surface area contributed by atoms with Gasteiger partial charge in [0, 0.05) is 11.4 Å². The first-order chi connectivity index (χ1) is 11.5. The molecule has 0 bridgehead atoms. The van der Waals surface area contributed by atoms with Crippen molar-refractivity contribution in [3.63, 3.8) is 0 Å². The molecule has 24 heavy (non-hydrogen) atoms. The molecule has 0 amide bonds. The molecule has 2 aromatic carbocycles. The average molecular weight is 314 g/mol. The molecule has 120 valence electrons. The van der Waals surface area contributed by atoms with E-state index in [1.54, 1.807) is 0 Å². The van der Waals surface area contributed by atoms with Crippen LogP contribution in [-0.4, -0.2) is 0 Å². The van der Waals surface area contributed by atoms with Gasteiger partial charge in [0.2, 0.25) is 0 Å². The monoisotopic (exact) mass is 314 g/mol. The highest BCUT2D eigenvalue weighted by Crippen LogP contribution is 2.33. The molecule has 0 aliphatic heterocycles. The largest absolute Gasteiger partial charge is 0.399 e. The number of benzene rings is 2. The van der Waals surface area contributed by atoms with E-state index in [9.17, 15) is 0 Å². The normalized spacial score (nSPS) is 19.7. The van der Waals surface area contributed by atoms with E-state index in [-0.39, 0.29) is 0 Å². The van der Waals surface area contributed by atoms with Crippen LogP contribution >= 0.6 is 0 Å². The highest BCUT2D eigenvalue weighted by Gasteiger charge is 2.12. The summed E-state index contributed by atoms with van der Waals surface area (Å²) in [4.78, 5) is 0. The lowest BCUT2D eigenvalue weighted by atomic mass is 9.88. The second-order valence-corrected chi connectivity index (χ2v) is 6.14. The van der Waals surface area contributed by atoms with Crippen molar-refractivity contribution in [2.75, 3.05) is 11.5 Å². The van der Waals surface area contributed by atoms with Crippen LogP contribution in [-0.2, 0) is 0 Å². The van der Waals surface area contributed by atoms with Crippen LogP contribution in [0, 0.1) is 0 Å². The van der Waals surface area contributed by atoms with Gasteiger partial charge in [-0.1, -0.05) is 49.6 Å². The third-order valence-electron chi connectivity index (χ3n) is 4.29. The fourth-order valence-electron chi connectivity index (χ4n) is 2.95. The van der Waals surface area contributed by atoms with E-state index in [0.717, 1.165) is 46.5 Å². The Morgan fingerprint density at radius 2 is 1.08 bits per heavy atom. The molecule has 3 rings (SSSR count). The number of rotatable bonds is 2. The summed E-state index contributed by atoms with van der Waals surface area (Å²) in [6.45, 7) is 8.33. The maximum Gasteiger partial charge on any atom is 0.0320 e. The molecule has 1 aliphatic carbocycles. The van der Waals surface area contributed by atoms with Crippen molar-refractivity contribution in [1.82, 2.24) is 0 Å². The molecule has 0 unspecified atom stereocenters. The van der Waals surface area contributed by atoms with Crippen LogP contribution in [0.5, 0.6) is 0 Å². The summed E-state index contributed by atoms with van der Waals surface area (Å²) < 4.78 is 0. The van der Waals surface area contributed by atoms with Crippen LogP contribution in [0.25, 0.3) is 11.1 Å². The van der Waals surface area contributed by atoms with E-state index in [4.69, 9.17) is 11.5 Å². The molecule has 0 atom stereocenters. The minimum atomic E-state index is 0.770. The van der Waals surface area contributed by atoms with Gasteiger partial charge in [0.1, 0.15) is 0 Å². The summed E-state index contributed by atoms with van der Waals surface area (Å²) >= 11 is 0. The average Bonchev–Trinajstić information content (AvgIpc) is 2.55. The van der Waals surface area contributed by atoms with E-state index in [1.807, 2.05) is 36.4 Å². The molecule has 0 spiro atoms. The lowest BCUT2D eigenvalue weighted by Gasteiger charge is -2.17. The number of nitrogens with two attached hydrogens (primary N) is 2. The first-order valence-electron chi connectivity index (χ1n) is 8.04. The predicted octanol–water partition coefficient (Wildman–Crippen LogP) is 5.22. The van der Waals surface area contributed by atoms with Crippen LogP contribution in [0.15, 0.2) is 85.0 Å². The van der Waals surface area contributed by atoms with Gasteiger partial charge in [-0.05, 0) is 70.5 Å². The molecule has 4 N–H and O–H groups in total. The van der Waals surface area contributed by atoms with E-state index in [1.165, 1.54) is 11.1 Å². The van der Waals surface area contributed by atoms with E-state index < -0.39 is 0 Å². The minimum Gasteiger partial charge on any atom is -0.399 e. The van der Waals surface area contributed by atoms with Crippen LogP contribution < -0.4 is 11.5 Å². The quantitative estimate of drug-likeness (QED) is 0.746. The van der Waals surface area contributed by atoms with E-state index in [0.29, 0.717) is 0 Å². The number of anilines is 2. The zero-order chi connectivity index (χ0) is 17.1. The van der Waals surface area contributed by atoms with Gasteiger partial charge in [-0.3, -0.25) is 0 Å². The van der Waals surface area contributed by atoms with Crippen LogP contribution in [0.1, 0.15) is 24.0 Å². The zero-order valence-electron chi connectivity index (χ0n) is 13.8. The number of hydrogen-bond acceptors (Lipinski definition) is 2. The molecule has 0 saturated carbocycles. The smallest absolute Gasteiger partial charge is 0.0320 e. The van der Waals surface area contributed by atoms with Gasteiger partial charge >= 0.3 is 0 Å². The molecule has 0 radical (unpaired) electrons. The molecule has 1 aliphatic rings. The van der Waals surface area contributed by atoms with Gasteiger partial charge in [-0.25, -0.2) is 0 Å². The Hall–Kier alpha value is -3.00. The first kappa shape index (κ1) is 15.9. The minimum absolute atomic E-state index is 0.770. The third-order valence-corrected chi connectivity index (χ3v) is 4.29. The SMILES string of the molecule is C=C1/C=C(/c2cccc(N)c2)CC/C(c2cccc(N)c2)=C\C1=C. The summed E-state index contributed by atoms with van der Waals surface area (Å²) in [5.41, 5.74) is 20.0. The van der Waals surface area contributed by atoms with Crippen molar-refractivity contribution >= 4 is 22.5 Å². The lowest BCUT2D eigenvalue weighted by molar-refractivity contribution is 1.08. The molecule has 2 heteroatoms. The van der Waals surface area contributed by atoms with Crippen molar-refractivity contribution < 1.29 is 0 Å². The maximum absolute atomic E-state index is 5.94. The van der Waals surface area contributed by atoms with Crippen molar-refractivity contribution in [2.24, 2.45) is 0 Å². The molecule has 2 aromatic rings. The standard InChI is InChI=1S/C22H22N2/c1-15-11-19(17-5-3-7-21(23)13-17)9-10-20(12-16(15)2)18-6-4-8-22(24)14-18/h3-8,11-14H,1-2,9-10,23-24H2/b19-11+,20-12+. The molecular formula is C22H22N2. The molecule has 0 fully saturated rings. The summed E-state index contributed by atoms with van der Waals surface area (Å²) in [6, 6.07) is 16.0. The van der Waals surface area contributed by atoms with Crippen molar-refractivity contribution in [1.29, 1.82) is 0 Å². The summed E-state index contributed by atoms with van der Waals surface area (Å²) in [5, 5.41) is 0. The van der Waals surface area contributed by atoms with Crippen molar-refractivity contribution in [3.05, 3.63) is 96.1 Å². The zero-order valence-corrected chi connectivity index (χ0v) is 13.8. The van der Waals surface area contributed by atoms with E-state index >= 15 is 0 Å². The van der Waals surface area contributed by atoms with E-state index in [2.05, 4.69) is 37.4 Å². The van der Waals surface area contributed by atoms with Crippen molar-refractivity contribution in [2.45, 2.75) is 12.8 Å². The summed E-state index contributed by atoms with van der Waals surface area (Å²) in [5.74, 6) is 0. The van der Waals surface area contributed by atoms with Crippen molar-refractivity contribution in [3.8, 4) is 0 Å². The Labute approximate surface area is 143 Å². The van der Waals surface area contributed by atoms with Crippen LogP contribution in [0.4, 0.5) is 11.4 Å². The highest BCUT2D eigenvalue weighted by atomic mass is 14.5. The predicted molar refractivity (Wildman–Crippen MR) is 105 cm³/mol. The molecule has 0 heterocycles. The Kier molecular flexibility index (Phi) is 4.39.